The van der Waals surface area contributed by atoms with Gasteiger partial charge in [0.15, 0.2) is 6.10 Å². The first-order valence-corrected chi connectivity index (χ1v) is 9.26. The number of nitrogens with zero attached hydrogens (tertiary/aromatic N) is 1. The van der Waals surface area contributed by atoms with Gasteiger partial charge >= 0.3 is 6.09 Å². The van der Waals surface area contributed by atoms with E-state index in [9.17, 15) is 14.7 Å². The van der Waals surface area contributed by atoms with E-state index in [4.69, 9.17) is 4.74 Å². The quantitative estimate of drug-likeness (QED) is 0.774. The number of aliphatic hydroxyl groups is 1. The molecular weight excluding hydrogens is 308 g/mol. The Morgan fingerprint density at radius 1 is 1.08 bits per heavy atom. The SMILES string of the molecule is CC(C)(C)OC(=O)N1CCC[C@H]1C(O)C(=O)NC1CCCCCC1. The fraction of sp³-hybridized carbons (Fsp3) is 0.889. The molecule has 1 unspecified atom stereocenters. The van der Waals surface area contributed by atoms with Crippen LogP contribution < -0.4 is 5.32 Å². The molecule has 6 heteroatoms. The fourth-order valence-corrected chi connectivity index (χ4v) is 3.55. The first kappa shape index (κ1) is 19.0. The Morgan fingerprint density at radius 2 is 1.71 bits per heavy atom. The van der Waals surface area contributed by atoms with Crippen molar-refractivity contribution in [2.45, 2.75) is 95.9 Å². The maximum Gasteiger partial charge on any atom is 0.410 e. The molecule has 2 amide bonds. The van der Waals surface area contributed by atoms with Crippen molar-refractivity contribution in [2.24, 2.45) is 0 Å². The molecule has 2 N–H and O–H groups in total. The molecule has 0 aromatic carbocycles. The van der Waals surface area contributed by atoms with Gasteiger partial charge in [0, 0.05) is 12.6 Å². The van der Waals surface area contributed by atoms with Crippen molar-refractivity contribution in [1.29, 1.82) is 0 Å². The average molecular weight is 340 g/mol. The third-order valence-corrected chi connectivity index (χ3v) is 4.76. The van der Waals surface area contributed by atoms with E-state index in [1.807, 2.05) is 20.8 Å². The smallest absolute Gasteiger partial charge is 0.410 e. The van der Waals surface area contributed by atoms with E-state index in [1.54, 1.807) is 0 Å². The normalized spacial score (nSPS) is 24.3. The van der Waals surface area contributed by atoms with Gasteiger partial charge in [0.2, 0.25) is 0 Å². The lowest BCUT2D eigenvalue weighted by atomic mass is 10.1. The van der Waals surface area contributed by atoms with Crippen molar-refractivity contribution >= 4 is 12.0 Å². The molecule has 2 atom stereocenters. The van der Waals surface area contributed by atoms with Crippen LogP contribution in [0.4, 0.5) is 4.79 Å². The molecule has 24 heavy (non-hydrogen) atoms. The van der Waals surface area contributed by atoms with Gasteiger partial charge in [-0.2, -0.15) is 0 Å². The van der Waals surface area contributed by atoms with Gasteiger partial charge in [-0.05, 0) is 46.5 Å². The summed E-state index contributed by atoms with van der Waals surface area (Å²) in [5.41, 5.74) is -0.586. The molecule has 1 heterocycles. The van der Waals surface area contributed by atoms with Crippen molar-refractivity contribution < 1.29 is 19.4 Å². The minimum absolute atomic E-state index is 0.144. The Hall–Kier alpha value is -1.30. The van der Waals surface area contributed by atoms with E-state index in [0.717, 1.165) is 32.1 Å². The van der Waals surface area contributed by atoms with E-state index in [2.05, 4.69) is 5.32 Å². The van der Waals surface area contributed by atoms with Gasteiger partial charge < -0.3 is 20.1 Å². The predicted molar refractivity (Wildman–Crippen MR) is 91.6 cm³/mol. The predicted octanol–water partition coefficient (Wildman–Crippen LogP) is 2.59. The van der Waals surface area contributed by atoms with Gasteiger partial charge in [0.1, 0.15) is 5.60 Å². The summed E-state index contributed by atoms with van der Waals surface area (Å²) in [6.07, 6.45) is 6.36. The number of amides is 2. The average Bonchev–Trinajstić information content (AvgIpc) is 2.84. The second-order valence-corrected chi connectivity index (χ2v) is 8.03. The van der Waals surface area contributed by atoms with Gasteiger partial charge in [0.05, 0.1) is 6.04 Å². The van der Waals surface area contributed by atoms with E-state index in [-0.39, 0.29) is 11.9 Å². The van der Waals surface area contributed by atoms with E-state index in [0.29, 0.717) is 13.0 Å². The van der Waals surface area contributed by atoms with Crippen molar-refractivity contribution in [3.05, 3.63) is 0 Å². The van der Waals surface area contributed by atoms with Crippen LogP contribution in [0.1, 0.15) is 72.1 Å². The Morgan fingerprint density at radius 3 is 2.29 bits per heavy atom. The molecule has 6 nitrogen and oxygen atoms in total. The molecule has 0 spiro atoms. The number of nitrogens with one attached hydrogen (secondary N) is 1. The van der Waals surface area contributed by atoms with Crippen molar-refractivity contribution in [1.82, 2.24) is 10.2 Å². The summed E-state index contributed by atoms with van der Waals surface area (Å²) in [4.78, 5) is 26.2. The zero-order valence-corrected chi connectivity index (χ0v) is 15.2. The lowest BCUT2D eigenvalue weighted by molar-refractivity contribution is -0.133. The van der Waals surface area contributed by atoms with Crippen molar-refractivity contribution in [3.63, 3.8) is 0 Å². The molecule has 1 saturated heterocycles. The van der Waals surface area contributed by atoms with Crippen LogP contribution in [0.5, 0.6) is 0 Å². The third kappa shape index (κ3) is 5.36. The molecule has 0 radical (unpaired) electrons. The maximum absolute atomic E-state index is 12.4. The molecule has 2 fully saturated rings. The van der Waals surface area contributed by atoms with E-state index in [1.165, 1.54) is 17.7 Å². The first-order valence-electron chi connectivity index (χ1n) is 9.26. The van der Waals surface area contributed by atoms with Gasteiger partial charge in [-0.3, -0.25) is 4.79 Å². The minimum atomic E-state index is -1.19. The third-order valence-electron chi connectivity index (χ3n) is 4.76. The zero-order chi connectivity index (χ0) is 17.7. The summed E-state index contributed by atoms with van der Waals surface area (Å²) >= 11 is 0. The van der Waals surface area contributed by atoms with Crippen molar-refractivity contribution in [2.75, 3.05) is 6.54 Å². The lowest BCUT2D eigenvalue weighted by Gasteiger charge is -2.31. The van der Waals surface area contributed by atoms with Crippen LogP contribution in [0.25, 0.3) is 0 Å². The lowest BCUT2D eigenvalue weighted by Crippen LogP contribution is -2.52. The standard InChI is InChI=1S/C18H32N2O4/c1-18(2,3)24-17(23)20-12-8-11-14(20)15(21)16(22)19-13-9-6-4-5-7-10-13/h13-15,21H,4-12H2,1-3H3,(H,19,22)/t14-,15?/m0/s1. The molecule has 1 saturated carbocycles. The van der Waals surface area contributed by atoms with Gasteiger partial charge in [-0.15, -0.1) is 0 Å². The summed E-state index contributed by atoms with van der Waals surface area (Å²) in [7, 11) is 0. The molecule has 0 aromatic rings. The Labute approximate surface area is 144 Å². The van der Waals surface area contributed by atoms with E-state index >= 15 is 0 Å². The van der Waals surface area contributed by atoms with Crippen LogP contribution >= 0.6 is 0 Å². The molecule has 2 aliphatic rings. The van der Waals surface area contributed by atoms with Crippen LogP contribution in [0.3, 0.4) is 0 Å². The van der Waals surface area contributed by atoms with Crippen LogP contribution in [0.15, 0.2) is 0 Å². The number of aliphatic hydroxyl groups excluding tert-OH is 1. The van der Waals surface area contributed by atoms with Crippen LogP contribution in [-0.4, -0.2) is 52.3 Å². The number of likely N-dealkylation sites (tertiary alicyclic amines) is 1. The highest BCUT2D eigenvalue weighted by Gasteiger charge is 2.39. The van der Waals surface area contributed by atoms with Gasteiger partial charge in [0.25, 0.3) is 5.91 Å². The highest BCUT2D eigenvalue weighted by atomic mass is 16.6. The highest BCUT2D eigenvalue weighted by molar-refractivity contribution is 5.82. The summed E-state index contributed by atoms with van der Waals surface area (Å²) in [6.45, 7) is 5.95. The molecule has 0 aromatic heterocycles. The number of hydrogen-bond donors (Lipinski definition) is 2. The second-order valence-electron chi connectivity index (χ2n) is 8.03. The fourth-order valence-electron chi connectivity index (χ4n) is 3.55. The maximum atomic E-state index is 12.4. The van der Waals surface area contributed by atoms with Gasteiger partial charge in [-0.1, -0.05) is 25.7 Å². The largest absolute Gasteiger partial charge is 0.444 e. The monoisotopic (exact) mass is 340 g/mol. The minimum Gasteiger partial charge on any atom is -0.444 e. The van der Waals surface area contributed by atoms with Crippen LogP contribution in [-0.2, 0) is 9.53 Å². The molecule has 2 rings (SSSR count). The van der Waals surface area contributed by atoms with Gasteiger partial charge in [-0.25, -0.2) is 4.79 Å². The summed E-state index contributed by atoms with van der Waals surface area (Å²) in [5.74, 6) is -0.359. The van der Waals surface area contributed by atoms with Crippen LogP contribution in [0.2, 0.25) is 0 Å². The number of ether oxygens (including phenoxy) is 1. The highest BCUT2D eigenvalue weighted by Crippen LogP contribution is 2.24. The number of hydrogen-bond acceptors (Lipinski definition) is 4. The number of carbonyl (C=O) groups excluding carboxylic acids is 2. The number of rotatable bonds is 3. The summed E-state index contributed by atoms with van der Waals surface area (Å²) in [6, 6.07) is -0.350. The molecule has 1 aliphatic heterocycles. The molecule has 0 bridgehead atoms. The molecular formula is C18H32N2O4. The van der Waals surface area contributed by atoms with E-state index < -0.39 is 23.8 Å². The van der Waals surface area contributed by atoms with Crippen molar-refractivity contribution in [3.8, 4) is 0 Å². The Balaban J connectivity index is 1.92. The molecule has 1 aliphatic carbocycles. The number of carbonyl (C=O) groups is 2. The van der Waals surface area contributed by atoms with Crippen LogP contribution in [0, 0.1) is 0 Å². The first-order chi connectivity index (χ1) is 11.3. The second kappa shape index (κ2) is 8.19. The summed E-state index contributed by atoms with van der Waals surface area (Å²) < 4.78 is 5.39. The topological polar surface area (TPSA) is 78.9 Å². The zero-order valence-electron chi connectivity index (χ0n) is 15.2. The Bertz CT molecular complexity index is 439. The molecule has 138 valence electrons. The summed E-state index contributed by atoms with van der Waals surface area (Å²) in [5, 5.41) is 13.5. The Kier molecular flexibility index (Phi) is 6.49.